The van der Waals surface area contributed by atoms with Crippen LogP contribution in [0.3, 0.4) is 0 Å². The number of rotatable bonds is 4. The Morgan fingerprint density at radius 1 is 1.60 bits per heavy atom. The summed E-state index contributed by atoms with van der Waals surface area (Å²) in [7, 11) is 0. The molecule has 0 saturated heterocycles. The molecule has 0 saturated carbocycles. The Morgan fingerprint density at radius 3 is 2.93 bits per heavy atom. The summed E-state index contributed by atoms with van der Waals surface area (Å²) in [6.45, 7) is 2.34. The Balaban J connectivity index is 2.70. The van der Waals surface area contributed by atoms with Crippen molar-refractivity contribution in [2.75, 3.05) is 11.9 Å². The molecule has 82 valence electrons. The van der Waals surface area contributed by atoms with Crippen LogP contribution in [0, 0.1) is 6.92 Å². The van der Waals surface area contributed by atoms with Gasteiger partial charge in [-0.15, -0.1) is 0 Å². The number of hydrogen-bond donors (Lipinski definition) is 2. The lowest BCUT2D eigenvalue weighted by atomic mass is 10.2. The third-order valence-electron chi connectivity index (χ3n) is 1.90. The van der Waals surface area contributed by atoms with Crippen molar-refractivity contribution in [2.45, 2.75) is 13.3 Å². The van der Waals surface area contributed by atoms with Gasteiger partial charge in [0.15, 0.2) is 5.43 Å². The van der Waals surface area contributed by atoms with E-state index in [2.05, 4.69) is 26.2 Å². The van der Waals surface area contributed by atoms with Gasteiger partial charge in [-0.2, -0.15) is 0 Å². The number of hydrogen-bond acceptors (Lipinski definition) is 2. The zero-order valence-corrected chi connectivity index (χ0v) is 10.1. The minimum Gasteiger partial charge on any atom is -0.364 e. The zero-order chi connectivity index (χ0) is 11.3. The van der Waals surface area contributed by atoms with E-state index < -0.39 is 0 Å². The van der Waals surface area contributed by atoms with E-state index in [4.69, 9.17) is 0 Å². The summed E-state index contributed by atoms with van der Waals surface area (Å²) in [4.78, 5) is 25.8. The summed E-state index contributed by atoms with van der Waals surface area (Å²) in [5.41, 5.74) is 0.662. The van der Waals surface area contributed by atoms with Crippen molar-refractivity contribution in [1.82, 2.24) is 10.3 Å². The molecule has 0 unspecified atom stereocenters. The minimum atomic E-state index is -0.322. The predicted molar refractivity (Wildman–Crippen MR) is 62.5 cm³/mol. The van der Waals surface area contributed by atoms with Crippen molar-refractivity contribution >= 4 is 21.8 Å². The van der Waals surface area contributed by atoms with Crippen LogP contribution in [0.4, 0.5) is 0 Å². The maximum atomic E-state index is 11.5. The molecule has 15 heavy (non-hydrogen) atoms. The summed E-state index contributed by atoms with van der Waals surface area (Å²) >= 11 is 3.26. The fourth-order valence-electron chi connectivity index (χ4n) is 1.11. The summed E-state index contributed by atoms with van der Waals surface area (Å²) in [5, 5.41) is 3.50. The SMILES string of the molecule is Cc1cc(=O)c(C(=O)NCCCBr)c[nH]1. The number of pyridine rings is 1. The van der Waals surface area contributed by atoms with E-state index in [1.54, 1.807) is 6.92 Å². The molecule has 0 aromatic carbocycles. The van der Waals surface area contributed by atoms with Gasteiger partial charge in [0.2, 0.25) is 0 Å². The lowest BCUT2D eigenvalue weighted by Gasteiger charge is -2.03. The number of halogens is 1. The molecule has 0 aliphatic carbocycles. The van der Waals surface area contributed by atoms with E-state index in [-0.39, 0.29) is 16.9 Å². The van der Waals surface area contributed by atoms with E-state index in [1.807, 2.05) is 0 Å². The van der Waals surface area contributed by atoms with Crippen molar-refractivity contribution in [2.24, 2.45) is 0 Å². The molecule has 1 aromatic rings. The van der Waals surface area contributed by atoms with Crippen LogP contribution < -0.4 is 10.7 Å². The quantitative estimate of drug-likeness (QED) is 0.639. The lowest BCUT2D eigenvalue weighted by Crippen LogP contribution is -2.29. The molecule has 0 spiro atoms. The van der Waals surface area contributed by atoms with Gasteiger partial charge in [0.25, 0.3) is 5.91 Å². The second-order valence-corrected chi connectivity index (χ2v) is 3.99. The molecule has 0 atom stereocenters. The van der Waals surface area contributed by atoms with Crippen molar-refractivity contribution in [3.05, 3.63) is 33.7 Å². The van der Waals surface area contributed by atoms with Crippen LogP contribution in [0.15, 0.2) is 17.1 Å². The van der Waals surface area contributed by atoms with Crippen molar-refractivity contribution in [1.29, 1.82) is 0 Å². The number of aryl methyl sites for hydroxylation is 1. The number of aromatic amines is 1. The first-order valence-corrected chi connectivity index (χ1v) is 5.81. The second kappa shape index (κ2) is 5.70. The monoisotopic (exact) mass is 272 g/mol. The standard InChI is InChI=1S/C10H13BrN2O2/c1-7-5-9(14)8(6-13-7)10(15)12-4-2-3-11/h5-6H,2-4H2,1H3,(H,12,15)(H,13,14). The van der Waals surface area contributed by atoms with E-state index in [9.17, 15) is 9.59 Å². The Hall–Kier alpha value is -1.10. The van der Waals surface area contributed by atoms with Gasteiger partial charge in [-0.25, -0.2) is 0 Å². The molecule has 0 fully saturated rings. The molecule has 1 aromatic heterocycles. The Labute approximate surface area is 96.2 Å². The van der Waals surface area contributed by atoms with Gasteiger partial charge in [-0.1, -0.05) is 15.9 Å². The van der Waals surface area contributed by atoms with Gasteiger partial charge < -0.3 is 10.3 Å². The van der Waals surface area contributed by atoms with E-state index in [0.717, 1.165) is 17.4 Å². The average molecular weight is 273 g/mol. The predicted octanol–water partition coefficient (Wildman–Crippen LogP) is 1.20. The van der Waals surface area contributed by atoms with E-state index >= 15 is 0 Å². The van der Waals surface area contributed by atoms with Gasteiger partial charge in [0, 0.05) is 29.8 Å². The van der Waals surface area contributed by atoms with Crippen molar-refractivity contribution in [3.63, 3.8) is 0 Å². The highest BCUT2D eigenvalue weighted by molar-refractivity contribution is 9.09. The third-order valence-corrected chi connectivity index (χ3v) is 2.46. The summed E-state index contributed by atoms with van der Waals surface area (Å²) in [6.07, 6.45) is 2.29. The number of nitrogens with one attached hydrogen (secondary N) is 2. The number of H-pyrrole nitrogens is 1. The summed E-state index contributed by atoms with van der Waals surface area (Å²) in [6, 6.07) is 1.42. The number of aromatic nitrogens is 1. The van der Waals surface area contributed by atoms with Crippen LogP contribution in [0.2, 0.25) is 0 Å². The van der Waals surface area contributed by atoms with Crippen LogP contribution in [-0.4, -0.2) is 22.8 Å². The van der Waals surface area contributed by atoms with Gasteiger partial charge in [0.1, 0.15) is 5.56 Å². The first-order valence-electron chi connectivity index (χ1n) is 4.68. The summed E-state index contributed by atoms with van der Waals surface area (Å²) < 4.78 is 0. The number of amides is 1. The van der Waals surface area contributed by atoms with Gasteiger partial charge in [-0.05, 0) is 13.3 Å². The van der Waals surface area contributed by atoms with Gasteiger partial charge in [-0.3, -0.25) is 9.59 Å². The minimum absolute atomic E-state index is 0.162. The number of alkyl halides is 1. The van der Waals surface area contributed by atoms with Crippen LogP contribution in [-0.2, 0) is 0 Å². The van der Waals surface area contributed by atoms with E-state index in [0.29, 0.717) is 6.54 Å². The van der Waals surface area contributed by atoms with Crippen molar-refractivity contribution < 1.29 is 4.79 Å². The second-order valence-electron chi connectivity index (χ2n) is 3.19. The molecule has 4 nitrogen and oxygen atoms in total. The highest BCUT2D eigenvalue weighted by Gasteiger charge is 2.08. The maximum absolute atomic E-state index is 11.5. The van der Waals surface area contributed by atoms with Crippen LogP contribution in [0.1, 0.15) is 22.5 Å². The maximum Gasteiger partial charge on any atom is 0.256 e. The molecule has 5 heteroatoms. The topological polar surface area (TPSA) is 62.0 Å². The fraction of sp³-hybridized carbons (Fsp3) is 0.400. The largest absolute Gasteiger partial charge is 0.364 e. The molecule has 0 radical (unpaired) electrons. The molecular formula is C10H13BrN2O2. The Morgan fingerprint density at radius 2 is 2.33 bits per heavy atom. The Bertz CT molecular complexity index is 401. The van der Waals surface area contributed by atoms with Crippen LogP contribution in [0.5, 0.6) is 0 Å². The summed E-state index contributed by atoms with van der Waals surface area (Å²) in [5.74, 6) is -0.322. The molecule has 2 N–H and O–H groups in total. The zero-order valence-electron chi connectivity index (χ0n) is 8.47. The van der Waals surface area contributed by atoms with E-state index in [1.165, 1.54) is 12.3 Å². The first-order chi connectivity index (χ1) is 7.15. The highest BCUT2D eigenvalue weighted by Crippen LogP contribution is 1.92. The van der Waals surface area contributed by atoms with Crippen LogP contribution >= 0.6 is 15.9 Å². The van der Waals surface area contributed by atoms with Crippen LogP contribution in [0.25, 0.3) is 0 Å². The average Bonchev–Trinajstić information content (AvgIpc) is 2.17. The molecule has 0 aliphatic rings. The lowest BCUT2D eigenvalue weighted by molar-refractivity contribution is 0.0952. The Kier molecular flexibility index (Phi) is 4.55. The van der Waals surface area contributed by atoms with Gasteiger partial charge in [0.05, 0.1) is 0 Å². The molecule has 0 bridgehead atoms. The molecule has 1 amide bonds. The third kappa shape index (κ3) is 3.51. The smallest absolute Gasteiger partial charge is 0.256 e. The fourth-order valence-corrected chi connectivity index (χ4v) is 1.39. The van der Waals surface area contributed by atoms with Gasteiger partial charge >= 0.3 is 0 Å². The van der Waals surface area contributed by atoms with Crippen molar-refractivity contribution in [3.8, 4) is 0 Å². The number of carbonyl (C=O) groups is 1. The normalized spacial score (nSPS) is 10.0. The molecule has 1 heterocycles. The molecule has 0 aliphatic heterocycles. The molecule has 1 rings (SSSR count). The number of carbonyl (C=O) groups excluding carboxylic acids is 1. The molecular weight excluding hydrogens is 260 g/mol. The first kappa shape index (κ1) is 12.0. The highest BCUT2D eigenvalue weighted by atomic mass is 79.9.